The molecule has 1 fully saturated rings. The van der Waals surface area contributed by atoms with Crippen molar-refractivity contribution in [2.45, 2.75) is 18.9 Å². The van der Waals surface area contributed by atoms with Gasteiger partial charge in [-0.1, -0.05) is 42.5 Å². The number of urea groups is 1. The SMILES string of the molecule is O=C(Nc1ccncc1)N1CCCC1c1cccc2ccccc12. The molecule has 1 unspecified atom stereocenters. The molecule has 120 valence electrons. The molecule has 3 aromatic rings. The van der Waals surface area contributed by atoms with Crippen LogP contribution in [0.15, 0.2) is 67.0 Å². The maximum Gasteiger partial charge on any atom is 0.322 e. The zero-order valence-electron chi connectivity index (χ0n) is 13.4. The largest absolute Gasteiger partial charge is 0.322 e. The van der Waals surface area contributed by atoms with Gasteiger partial charge in [0, 0.05) is 24.6 Å². The Morgan fingerprint density at radius 1 is 1.04 bits per heavy atom. The molecule has 1 aliphatic heterocycles. The van der Waals surface area contributed by atoms with Gasteiger partial charge in [-0.05, 0) is 41.3 Å². The molecule has 1 aliphatic rings. The number of aromatic nitrogens is 1. The summed E-state index contributed by atoms with van der Waals surface area (Å²) in [6.45, 7) is 0.783. The highest BCUT2D eigenvalue weighted by atomic mass is 16.2. The fourth-order valence-electron chi connectivity index (χ4n) is 3.50. The van der Waals surface area contributed by atoms with E-state index in [0.717, 1.165) is 25.1 Å². The summed E-state index contributed by atoms with van der Waals surface area (Å²) in [5, 5.41) is 5.43. The molecule has 0 saturated carbocycles. The molecule has 2 amide bonds. The van der Waals surface area contributed by atoms with Gasteiger partial charge in [-0.25, -0.2) is 4.79 Å². The monoisotopic (exact) mass is 317 g/mol. The van der Waals surface area contributed by atoms with Crippen molar-refractivity contribution < 1.29 is 4.79 Å². The smallest absolute Gasteiger partial charge is 0.317 e. The second-order valence-corrected chi connectivity index (χ2v) is 6.09. The zero-order valence-corrected chi connectivity index (χ0v) is 13.4. The molecule has 1 N–H and O–H groups in total. The predicted octanol–water partition coefficient (Wildman–Crippen LogP) is 4.60. The number of nitrogens with zero attached hydrogens (tertiary/aromatic N) is 2. The van der Waals surface area contributed by atoms with Crippen molar-refractivity contribution in [1.29, 1.82) is 0 Å². The standard InChI is InChI=1S/C20H19N3O/c24-20(22-16-10-12-21-13-11-16)23-14-4-9-19(23)18-8-3-6-15-5-1-2-7-17(15)18/h1-3,5-8,10-13,19H,4,9,14H2,(H,21,22,24). The second-order valence-electron chi connectivity index (χ2n) is 6.09. The van der Waals surface area contributed by atoms with Gasteiger partial charge in [-0.2, -0.15) is 0 Å². The number of carbonyl (C=O) groups excluding carboxylic acids is 1. The van der Waals surface area contributed by atoms with Gasteiger partial charge < -0.3 is 10.2 Å². The van der Waals surface area contributed by atoms with Gasteiger partial charge in [0.2, 0.25) is 0 Å². The fourth-order valence-corrected chi connectivity index (χ4v) is 3.50. The summed E-state index contributed by atoms with van der Waals surface area (Å²) in [6, 6.07) is 18.4. The van der Waals surface area contributed by atoms with E-state index in [4.69, 9.17) is 0 Å². The molecule has 2 aromatic carbocycles. The highest BCUT2D eigenvalue weighted by Gasteiger charge is 2.30. The van der Waals surface area contributed by atoms with Crippen molar-refractivity contribution in [1.82, 2.24) is 9.88 Å². The van der Waals surface area contributed by atoms with E-state index < -0.39 is 0 Å². The van der Waals surface area contributed by atoms with E-state index in [2.05, 4.69) is 52.8 Å². The first-order valence-electron chi connectivity index (χ1n) is 8.28. The number of nitrogens with one attached hydrogen (secondary N) is 1. The third kappa shape index (κ3) is 2.71. The summed E-state index contributed by atoms with van der Waals surface area (Å²) in [5.41, 5.74) is 2.01. The van der Waals surface area contributed by atoms with Gasteiger partial charge in [0.25, 0.3) is 0 Å². The fraction of sp³-hybridized carbons (Fsp3) is 0.200. The number of anilines is 1. The van der Waals surface area contributed by atoms with Crippen molar-refractivity contribution in [2.75, 3.05) is 11.9 Å². The van der Waals surface area contributed by atoms with Crippen molar-refractivity contribution in [2.24, 2.45) is 0 Å². The number of hydrogen-bond donors (Lipinski definition) is 1. The molecule has 1 atom stereocenters. The van der Waals surface area contributed by atoms with Crippen LogP contribution in [-0.2, 0) is 0 Å². The molecule has 0 spiro atoms. The maximum atomic E-state index is 12.7. The van der Waals surface area contributed by atoms with Crippen LogP contribution in [-0.4, -0.2) is 22.5 Å². The third-order valence-electron chi connectivity index (χ3n) is 4.63. The molecule has 4 rings (SSSR count). The minimum Gasteiger partial charge on any atom is -0.317 e. The van der Waals surface area contributed by atoms with Gasteiger partial charge in [-0.3, -0.25) is 4.98 Å². The summed E-state index contributed by atoms with van der Waals surface area (Å²) in [6.07, 6.45) is 5.39. The average Bonchev–Trinajstić information content (AvgIpc) is 3.12. The van der Waals surface area contributed by atoms with Gasteiger partial charge in [-0.15, -0.1) is 0 Å². The number of pyridine rings is 1. The molecular formula is C20H19N3O. The summed E-state index contributed by atoms with van der Waals surface area (Å²) < 4.78 is 0. The molecule has 1 aromatic heterocycles. The van der Waals surface area contributed by atoms with Crippen molar-refractivity contribution in [3.8, 4) is 0 Å². The van der Waals surface area contributed by atoms with Gasteiger partial charge in [0.05, 0.1) is 6.04 Å². The zero-order chi connectivity index (χ0) is 16.4. The van der Waals surface area contributed by atoms with Gasteiger partial charge >= 0.3 is 6.03 Å². The van der Waals surface area contributed by atoms with Crippen LogP contribution in [0.3, 0.4) is 0 Å². The van der Waals surface area contributed by atoms with Crippen LogP contribution < -0.4 is 5.32 Å². The number of fused-ring (bicyclic) bond motifs is 1. The third-order valence-corrected chi connectivity index (χ3v) is 4.63. The number of amides is 2. The van der Waals surface area contributed by atoms with E-state index in [1.54, 1.807) is 24.5 Å². The van der Waals surface area contributed by atoms with Crippen molar-refractivity contribution >= 4 is 22.5 Å². The highest BCUT2D eigenvalue weighted by molar-refractivity contribution is 5.91. The molecule has 4 heteroatoms. The number of rotatable bonds is 2. The highest BCUT2D eigenvalue weighted by Crippen LogP contribution is 2.36. The van der Waals surface area contributed by atoms with E-state index in [9.17, 15) is 4.79 Å². The Morgan fingerprint density at radius 3 is 2.71 bits per heavy atom. The second kappa shape index (κ2) is 6.32. The lowest BCUT2D eigenvalue weighted by Crippen LogP contribution is -2.34. The Morgan fingerprint density at radius 2 is 1.83 bits per heavy atom. The first-order valence-corrected chi connectivity index (χ1v) is 8.28. The average molecular weight is 317 g/mol. The summed E-state index contributed by atoms with van der Waals surface area (Å²) >= 11 is 0. The lowest BCUT2D eigenvalue weighted by atomic mass is 9.97. The molecule has 0 bridgehead atoms. The molecular weight excluding hydrogens is 298 g/mol. The molecule has 2 heterocycles. The summed E-state index contributed by atoms with van der Waals surface area (Å²) in [7, 11) is 0. The minimum atomic E-state index is -0.0448. The molecule has 0 aliphatic carbocycles. The van der Waals surface area contributed by atoms with Crippen LogP contribution in [0.25, 0.3) is 10.8 Å². The quantitative estimate of drug-likeness (QED) is 0.750. The lowest BCUT2D eigenvalue weighted by molar-refractivity contribution is 0.207. The molecule has 1 saturated heterocycles. The summed E-state index contributed by atoms with van der Waals surface area (Å²) in [5.74, 6) is 0. The van der Waals surface area contributed by atoms with Crippen molar-refractivity contribution in [3.63, 3.8) is 0 Å². The number of benzene rings is 2. The molecule has 0 radical (unpaired) electrons. The van der Waals surface area contributed by atoms with Crippen LogP contribution in [0.1, 0.15) is 24.4 Å². The van der Waals surface area contributed by atoms with E-state index in [-0.39, 0.29) is 12.1 Å². The number of likely N-dealkylation sites (tertiary alicyclic amines) is 1. The summed E-state index contributed by atoms with van der Waals surface area (Å²) in [4.78, 5) is 18.7. The van der Waals surface area contributed by atoms with Crippen LogP contribution in [0.5, 0.6) is 0 Å². The topological polar surface area (TPSA) is 45.2 Å². The number of hydrogen-bond acceptors (Lipinski definition) is 2. The van der Waals surface area contributed by atoms with Crippen LogP contribution in [0, 0.1) is 0 Å². The van der Waals surface area contributed by atoms with Crippen LogP contribution in [0.4, 0.5) is 10.5 Å². The number of carbonyl (C=O) groups is 1. The van der Waals surface area contributed by atoms with Crippen molar-refractivity contribution in [3.05, 3.63) is 72.6 Å². The Labute approximate surface area is 141 Å². The predicted molar refractivity (Wildman–Crippen MR) is 95.9 cm³/mol. The Bertz CT molecular complexity index is 858. The Kier molecular flexibility index (Phi) is 3.87. The Balaban J connectivity index is 1.64. The first-order chi connectivity index (χ1) is 11.8. The van der Waals surface area contributed by atoms with Crippen LogP contribution in [0.2, 0.25) is 0 Å². The maximum absolute atomic E-state index is 12.7. The molecule has 24 heavy (non-hydrogen) atoms. The van der Waals surface area contributed by atoms with E-state index in [1.165, 1.54) is 16.3 Å². The Hall–Kier alpha value is -2.88. The van der Waals surface area contributed by atoms with Crippen LogP contribution >= 0.6 is 0 Å². The van der Waals surface area contributed by atoms with E-state index in [1.807, 2.05) is 4.90 Å². The first kappa shape index (κ1) is 14.7. The molecule has 4 nitrogen and oxygen atoms in total. The normalized spacial score (nSPS) is 17.2. The lowest BCUT2D eigenvalue weighted by Gasteiger charge is -2.26. The van der Waals surface area contributed by atoms with E-state index >= 15 is 0 Å². The van der Waals surface area contributed by atoms with E-state index in [0.29, 0.717) is 0 Å². The van der Waals surface area contributed by atoms with Gasteiger partial charge in [0.15, 0.2) is 0 Å². The minimum absolute atomic E-state index is 0.0448. The van der Waals surface area contributed by atoms with Gasteiger partial charge in [0.1, 0.15) is 0 Å².